The standard InChI is InChI=1S/C39H50F2O9/c1-35(40,41)19-48-38-10-22-6-27(15-38)39(28(7-22)16-38)49-29(17-46-33(44)36-8-20-2-23(11-36)31(42)24(3-20)12-36)30(50-39)18-47-34(45)37-9-21-4-25(13-37)32(43)26(5-21)14-37/h20-30H,2-19H2,1H3. The first-order valence-corrected chi connectivity index (χ1v) is 19.5. The molecule has 13 aliphatic rings. The maximum Gasteiger partial charge on any atom is 0.312 e. The third kappa shape index (κ3) is 4.90. The molecule has 0 N–H and O–H groups in total. The molecule has 1 saturated heterocycles. The van der Waals surface area contributed by atoms with Crippen molar-refractivity contribution in [1.29, 1.82) is 0 Å². The number of hydrogen-bond donors (Lipinski definition) is 0. The summed E-state index contributed by atoms with van der Waals surface area (Å²) in [5, 5.41) is 0. The molecule has 8 atom stereocenters. The van der Waals surface area contributed by atoms with Gasteiger partial charge in [-0.2, -0.15) is 0 Å². The molecule has 12 saturated carbocycles. The van der Waals surface area contributed by atoms with Crippen molar-refractivity contribution in [3.8, 4) is 0 Å². The summed E-state index contributed by atoms with van der Waals surface area (Å²) < 4.78 is 60.0. The van der Waals surface area contributed by atoms with Crippen LogP contribution in [0.15, 0.2) is 0 Å². The normalized spacial score (nSPS) is 52.0. The molecular weight excluding hydrogens is 650 g/mol. The van der Waals surface area contributed by atoms with Crippen molar-refractivity contribution in [2.75, 3.05) is 19.8 Å². The van der Waals surface area contributed by atoms with E-state index in [1.54, 1.807) is 0 Å². The summed E-state index contributed by atoms with van der Waals surface area (Å²) in [6, 6.07) is 0. The molecule has 1 heterocycles. The van der Waals surface area contributed by atoms with E-state index in [2.05, 4.69) is 0 Å². The quantitative estimate of drug-likeness (QED) is 0.284. The minimum absolute atomic E-state index is 0.0447. The van der Waals surface area contributed by atoms with Gasteiger partial charge >= 0.3 is 11.9 Å². The molecule has 8 unspecified atom stereocenters. The summed E-state index contributed by atoms with van der Waals surface area (Å²) in [6.45, 7) is 0.184. The van der Waals surface area contributed by atoms with Gasteiger partial charge in [0.2, 0.25) is 0 Å². The summed E-state index contributed by atoms with van der Waals surface area (Å²) >= 11 is 0. The van der Waals surface area contributed by atoms with Gasteiger partial charge in [0.1, 0.15) is 43.6 Å². The highest BCUT2D eigenvalue weighted by atomic mass is 19.3. The van der Waals surface area contributed by atoms with Crippen LogP contribution >= 0.6 is 0 Å². The van der Waals surface area contributed by atoms with E-state index in [-0.39, 0.29) is 60.7 Å². The summed E-state index contributed by atoms with van der Waals surface area (Å²) in [5.74, 6) is -3.07. The molecule has 0 aromatic rings. The molecule has 9 nitrogen and oxygen atoms in total. The molecule has 12 aliphatic carbocycles. The van der Waals surface area contributed by atoms with E-state index in [0.717, 1.165) is 64.7 Å². The highest BCUT2D eigenvalue weighted by molar-refractivity contribution is 5.90. The largest absolute Gasteiger partial charge is 0.462 e. The molecule has 11 heteroatoms. The SMILES string of the molecule is CC(F)(F)COC12CC3CC(C1)C1(OC(COC(=O)C45CC6CC(C4)C(=O)C(C6)C5)C(COC(=O)C45CC6CC(C4)C(=O)C(C6)C5)O1)C(C3)C2. The zero-order chi connectivity index (χ0) is 34.4. The maximum absolute atomic E-state index is 13.9. The fourth-order valence-corrected chi connectivity index (χ4v) is 14.2. The maximum atomic E-state index is 13.9. The van der Waals surface area contributed by atoms with E-state index in [9.17, 15) is 28.0 Å². The number of alkyl halides is 2. The smallest absolute Gasteiger partial charge is 0.312 e. The van der Waals surface area contributed by atoms with E-state index in [1.807, 2.05) is 0 Å². The van der Waals surface area contributed by atoms with Gasteiger partial charge < -0.3 is 23.7 Å². The van der Waals surface area contributed by atoms with Crippen molar-refractivity contribution in [1.82, 2.24) is 0 Å². The lowest BCUT2D eigenvalue weighted by molar-refractivity contribution is -0.332. The fourth-order valence-electron chi connectivity index (χ4n) is 14.2. The minimum Gasteiger partial charge on any atom is -0.462 e. The van der Waals surface area contributed by atoms with Crippen LogP contribution in [-0.4, -0.2) is 72.8 Å². The molecule has 0 aromatic heterocycles. The number of carbonyl (C=O) groups excluding carboxylic acids is 4. The molecule has 0 amide bonds. The zero-order valence-corrected chi connectivity index (χ0v) is 29.0. The van der Waals surface area contributed by atoms with Crippen LogP contribution in [0.25, 0.3) is 0 Å². The van der Waals surface area contributed by atoms with Crippen LogP contribution in [0.2, 0.25) is 0 Å². The summed E-state index contributed by atoms with van der Waals surface area (Å²) in [6.07, 6.45) is 9.47. The summed E-state index contributed by atoms with van der Waals surface area (Å²) in [4.78, 5) is 53.4. The lowest BCUT2D eigenvalue weighted by atomic mass is 9.49. The van der Waals surface area contributed by atoms with Crippen molar-refractivity contribution >= 4 is 23.5 Å². The van der Waals surface area contributed by atoms with Gasteiger partial charge in [0.25, 0.3) is 5.92 Å². The van der Waals surface area contributed by atoms with Crippen molar-refractivity contribution in [3.05, 3.63) is 0 Å². The average molecular weight is 701 g/mol. The Balaban J connectivity index is 0.876. The number of hydrogen-bond acceptors (Lipinski definition) is 9. The lowest BCUT2D eigenvalue weighted by Crippen LogP contribution is -2.65. The second kappa shape index (κ2) is 10.8. The number of carbonyl (C=O) groups is 4. The number of rotatable bonds is 9. The van der Waals surface area contributed by atoms with Gasteiger partial charge in [-0.25, -0.2) is 8.78 Å². The molecule has 0 radical (unpaired) electrons. The Morgan fingerprint density at radius 3 is 1.50 bits per heavy atom. The van der Waals surface area contributed by atoms with Crippen molar-refractivity contribution in [2.24, 2.45) is 64.1 Å². The number of esters is 2. The van der Waals surface area contributed by atoms with Gasteiger partial charge in [0.05, 0.1) is 16.4 Å². The highest BCUT2D eigenvalue weighted by Gasteiger charge is 2.69. The van der Waals surface area contributed by atoms with Gasteiger partial charge in [-0.1, -0.05) is 0 Å². The Morgan fingerprint density at radius 1 is 0.660 bits per heavy atom. The van der Waals surface area contributed by atoms with E-state index in [4.69, 9.17) is 23.7 Å². The van der Waals surface area contributed by atoms with Crippen LogP contribution in [0.5, 0.6) is 0 Å². The van der Waals surface area contributed by atoms with Gasteiger partial charge in [-0.3, -0.25) is 19.2 Å². The third-order valence-corrected chi connectivity index (χ3v) is 15.6. The number of Topliss-reactive ketones (excluding diaryl/α,β-unsaturated/α-hetero) is 2. The molecule has 0 aromatic carbocycles. The highest BCUT2D eigenvalue weighted by Crippen LogP contribution is 2.65. The van der Waals surface area contributed by atoms with Crippen LogP contribution in [0, 0.1) is 64.1 Å². The average Bonchev–Trinajstić information content (AvgIpc) is 3.43. The summed E-state index contributed by atoms with van der Waals surface area (Å²) in [5.41, 5.74) is -1.90. The van der Waals surface area contributed by atoms with E-state index >= 15 is 0 Å². The van der Waals surface area contributed by atoms with Crippen LogP contribution in [0.3, 0.4) is 0 Å². The Labute approximate surface area is 291 Å². The van der Waals surface area contributed by atoms with E-state index < -0.39 is 47.0 Å². The second-order valence-electron chi connectivity index (χ2n) is 19.2. The Hall–Kier alpha value is -1.98. The molecule has 50 heavy (non-hydrogen) atoms. The topological polar surface area (TPSA) is 114 Å². The molecule has 13 rings (SSSR count). The van der Waals surface area contributed by atoms with Crippen LogP contribution in [0.1, 0.15) is 103 Å². The third-order valence-electron chi connectivity index (χ3n) is 15.6. The van der Waals surface area contributed by atoms with E-state index in [0.29, 0.717) is 67.8 Å². The Morgan fingerprint density at radius 2 is 1.08 bits per heavy atom. The first-order valence-electron chi connectivity index (χ1n) is 19.5. The molecule has 1 aliphatic heterocycles. The Kier molecular flexibility index (Phi) is 7.05. The van der Waals surface area contributed by atoms with Crippen molar-refractivity contribution in [3.63, 3.8) is 0 Å². The predicted octanol–water partition coefficient (Wildman–Crippen LogP) is 5.59. The van der Waals surface area contributed by atoms with E-state index in [1.165, 1.54) is 0 Å². The zero-order valence-electron chi connectivity index (χ0n) is 29.0. The predicted molar refractivity (Wildman–Crippen MR) is 169 cm³/mol. The minimum atomic E-state index is -2.92. The van der Waals surface area contributed by atoms with Gasteiger partial charge in [0.15, 0.2) is 5.79 Å². The molecular formula is C39H50F2O9. The van der Waals surface area contributed by atoms with Gasteiger partial charge in [-0.05, 0) is 114 Å². The van der Waals surface area contributed by atoms with Crippen molar-refractivity contribution < 1.29 is 51.6 Å². The molecule has 12 bridgehead atoms. The van der Waals surface area contributed by atoms with Gasteiger partial charge in [-0.15, -0.1) is 0 Å². The van der Waals surface area contributed by atoms with Gasteiger partial charge in [0, 0.05) is 42.4 Å². The van der Waals surface area contributed by atoms with Crippen LogP contribution in [-0.2, 0) is 42.9 Å². The number of ketones is 2. The van der Waals surface area contributed by atoms with Crippen LogP contribution < -0.4 is 0 Å². The second-order valence-corrected chi connectivity index (χ2v) is 19.2. The Bertz CT molecular complexity index is 1370. The van der Waals surface area contributed by atoms with Crippen molar-refractivity contribution in [2.45, 2.75) is 133 Å². The molecule has 13 fully saturated rings. The van der Waals surface area contributed by atoms with Crippen LogP contribution in [0.4, 0.5) is 8.78 Å². The first-order chi connectivity index (χ1) is 23.7. The monoisotopic (exact) mass is 700 g/mol. The first kappa shape index (κ1) is 32.7. The molecule has 274 valence electrons. The fraction of sp³-hybridized carbons (Fsp3) is 0.897. The molecule has 1 spiro atoms. The number of halogens is 2. The number of ether oxygens (including phenoxy) is 5. The summed E-state index contributed by atoms with van der Waals surface area (Å²) in [7, 11) is 0. The lowest BCUT2D eigenvalue weighted by Gasteiger charge is -2.62.